The zero-order valence-electron chi connectivity index (χ0n) is 13.7. The number of rotatable bonds is 4. The minimum Gasteiger partial charge on any atom is -0.365 e. The van der Waals surface area contributed by atoms with Gasteiger partial charge in [-0.3, -0.25) is 9.69 Å². The summed E-state index contributed by atoms with van der Waals surface area (Å²) in [7, 11) is 0. The van der Waals surface area contributed by atoms with E-state index in [1.807, 2.05) is 13.0 Å². The van der Waals surface area contributed by atoms with Crippen molar-refractivity contribution in [2.24, 2.45) is 0 Å². The largest absolute Gasteiger partial charge is 0.365 e. The predicted octanol–water partition coefficient (Wildman–Crippen LogP) is 2.48. The number of piperidine rings is 1. The fourth-order valence-electron chi connectivity index (χ4n) is 3.43. The lowest BCUT2D eigenvalue weighted by Gasteiger charge is -2.34. The number of amides is 1. The molecule has 1 amide bonds. The smallest absolute Gasteiger partial charge is 0.252 e. The third-order valence-electron chi connectivity index (χ3n) is 4.92. The Hall–Kier alpha value is -1.46. The van der Waals surface area contributed by atoms with E-state index in [1.165, 1.54) is 6.07 Å². The molecule has 0 bridgehead atoms. The first-order chi connectivity index (χ1) is 11.0. The molecule has 2 heterocycles. The van der Waals surface area contributed by atoms with Crippen molar-refractivity contribution in [3.8, 4) is 0 Å². The van der Waals surface area contributed by atoms with Crippen LogP contribution in [0.5, 0.6) is 0 Å². The Balaban J connectivity index is 1.46. The number of nitrogens with one attached hydrogen (secondary N) is 1. The summed E-state index contributed by atoms with van der Waals surface area (Å²) in [6.07, 6.45) is 3.61. The van der Waals surface area contributed by atoms with Gasteiger partial charge in [0.25, 0.3) is 5.91 Å². The molecule has 2 saturated heterocycles. The second-order valence-electron chi connectivity index (χ2n) is 6.84. The van der Waals surface area contributed by atoms with Gasteiger partial charge < -0.3 is 10.1 Å². The summed E-state index contributed by atoms with van der Waals surface area (Å²) in [5, 5.41) is 3.14. The summed E-state index contributed by atoms with van der Waals surface area (Å²) < 4.78 is 18.8. The summed E-state index contributed by atoms with van der Waals surface area (Å²) in [6.45, 7) is 5.15. The molecule has 0 aromatic heterocycles. The molecule has 23 heavy (non-hydrogen) atoms. The Morgan fingerprint density at radius 1 is 1.43 bits per heavy atom. The second-order valence-corrected chi connectivity index (χ2v) is 6.84. The van der Waals surface area contributed by atoms with Gasteiger partial charge in [0.15, 0.2) is 0 Å². The van der Waals surface area contributed by atoms with Crippen LogP contribution >= 0.6 is 0 Å². The first-order valence-electron chi connectivity index (χ1n) is 8.47. The van der Waals surface area contributed by atoms with Gasteiger partial charge in [0.2, 0.25) is 0 Å². The van der Waals surface area contributed by atoms with Crippen molar-refractivity contribution in [2.45, 2.75) is 50.8 Å². The molecule has 0 radical (unpaired) electrons. The van der Waals surface area contributed by atoms with Crippen LogP contribution in [-0.2, 0) is 16.1 Å². The maximum atomic E-state index is 13.2. The molecular weight excluding hydrogens is 295 g/mol. The van der Waals surface area contributed by atoms with E-state index in [9.17, 15) is 9.18 Å². The number of carbonyl (C=O) groups excluding carboxylic acids is 1. The molecule has 1 aromatic carbocycles. The van der Waals surface area contributed by atoms with Crippen molar-refractivity contribution in [3.63, 3.8) is 0 Å². The number of likely N-dealkylation sites (tertiary alicyclic amines) is 1. The van der Waals surface area contributed by atoms with Gasteiger partial charge in [-0.15, -0.1) is 0 Å². The molecule has 5 heteroatoms. The molecule has 2 aliphatic heterocycles. The molecule has 0 saturated carbocycles. The highest BCUT2D eigenvalue weighted by molar-refractivity contribution is 5.85. The number of hydrogen-bond donors (Lipinski definition) is 1. The summed E-state index contributed by atoms with van der Waals surface area (Å²) in [5.41, 5.74) is 0.359. The quantitative estimate of drug-likeness (QED) is 0.927. The highest BCUT2D eigenvalue weighted by Crippen LogP contribution is 2.26. The third kappa shape index (κ3) is 4.09. The molecule has 1 aromatic rings. The number of halogens is 1. The van der Waals surface area contributed by atoms with E-state index in [-0.39, 0.29) is 17.8 Å². The van der Waals surface area contributed by atoms with Crippen LogP contribution in [0, 0.1) is 5.82 Å². The van der Waals surface area contributed by atoms with Crippen LogP contribution in [0.3, 0.4) is 0 Å². The molecule has 4 nitrogen and oxygen atoms in total. The van der Waals surface area contributed by atoms with Crippen molar-refractivity contribution >= 4 is 5.91 Å². The molecule has 2 fully saturated rings. The molecule has 126 valence electrons. The van der Waals surface area contributed by atoms with E-state index < -0.39 is 5.60 Å². The molecule has 1 unspecified atom stereocenters. The Bertz CT molecular complexity index is 550. The average Bonchev–Trinajstić information content (AvgIpc) is 2.97. The van der Waals surface area contributed by atoms with E-state index in [0.717, 1.165) is 50.9 Å². The van der Waals surface area contributed by atoms with Crippen LogP contribution in [0.25, 0.3) is 0 Å². The van der Waals surface area contributed by atoms with Gasteiger partial charge in [-0.1, -0.05) is 12.1 Å². The fourth-order valence-corrected chi connectivity index (χ4v) is 3.43. The van der Waals surface area contributed by atoms with Gasteiger partial charge in [-0.2, -0.15) is 0 Å². The molecule has 3 rings (SSSR count). The molecule has 1 atom stereocenters. The molecule has 2 aliphatic rings. The molecule has 1 N–H and O–H groups in total. The highest BCUT2D eigenvalue weighted by atomic mass is 19.1. The maximum Gasteiger partial charge on any atom is 0.252 e. The summed E-state index contributed by atoms with van der Waals surface area (Å²) >= 11 is 0. The van der Waals surface area contributed by atoms with E-state index in [4.69, 9.17) is 4.74 Å². The lowest BCUT2D eigenvalue weighted by molar-refractivity contribution is -0.140. The van der Waals surface area contributed by atoms with Crippen LogP contribution in [0.1, 0.15) is 38.2 Å². The Morgan fingerprint density at radius 2 is 2.22 bits per heavy atom. The summed E-state index contributed by atoms with van der Waals surface area (Å²) in [6, 6.07) is 6.98. The Kier molecular flexibility index (Phi) is 4.97. The summed E-state index contributed by atoms with van der Waals surface area (Å²) in [4.78, 5) is 14.7. The Labute approximate surface area is 137 Å². The van der Waals surface area contributed by atoms with Crippen molar-refractivity contribution in [1.29, 1.82) is 0 Å². The maximum absolute atomic E-state index is 13.2. The number of nitrogens with zero attached hydrogens (tertiary/aromatic N) is 1. The van der Waals surface area contributed by atoms with Gasteiger partial charge in [0.05, 0.1) is 0 Å². The lowest BCUT2D eigenvalue weighted by atomic mass is 9.99. The van der Waals surface area contributed by atoms with Crippen molar-refractivity contribution < 1.29 is 13.9 Å². The fraction of sp³-hybridized carbons (Fsp3) is 0.611. The van der Waals surface area contributed by atoms with Crippen LogP contribution in [0.4, 0.5) is 4.39 Å². The molecule has 0 spiro atoms. The number of hydrogen-bond acceptors (Lipinski definition) is 3. The third-order valence-corrected chi connectivity index (χ3v) is 4.92. The van der Waals surface area contributed by atoms with Crippen LogP contribution in [-0.4, -0.2) is 42.1 Å². The number of ether oxygens (including phenoxy) is 1. The van der Waals surface area contributed by atoms with Gasteiger partial charge in [-0.25, -0.2) is 4.39 Å². The van der Waals surface area contributed by atoms with Crippen LogP contribution in [0.2, 0.25) is 0 Å². The summed E-state index contributed by atoms with van der Waals surface area (Å²) in [5.74, 6) is -0.159. The van der Waals surface area contributed by atoms with Gasteiger partial charge in [0.1, 0.15) is 11.4 Å². The zero-order valence-corrected chi connectivity index (χ0v) is 13.7. The number of carbonyl (C=O) groups is 1. The van der Waals surface area contributed by atoms with Crippen LogP contribution < -0.4 is 5.32 Å². The zero-order chi connectivity index (χ0) is 16.3. The predicted molar refractivity (Wildman–Crippen MR) is 86.4 cm³/mol. The van der Waals surface area contributed by atoms with Crippen molar-refractivity contribution in [3.05, 3.63) is 35.6 Å². The SMILES string of the molecule is CC1(C(=O)NC2CCN(Cc3cccc(F)c3)CC2)CCCO1. The first-order valence-corrected chi connectivity index (χ1v) is 8.47. The standard InChI is InChI=1S/C18H25FN2O2/c1-18(8-3-11-23-18)17(22)20-16-6-9-21(10-7-16)13-14-4-2-5-15(19)12-14/h2,4-5,12,16H,3,6-11,13H2,1H3,(H,20,22). The van der Waals surface area contributed by atoms with Gasteiger partial charge >= 0.3 is 0 Å². The molecule has 0 aliphatic carbocycles. The minimum atomic E-state index is -0.640. The molecular formula is C18H25FN2O2. The van der Waals surface area contributed by atoms with Crippen LogP contribution in [0.15, 0.2) is 24.3 Å². The van der Waals surface area contributed by atoms with Gasteiger partial charge in [-0.05, 0) is 50.3 Å². The van der Waals surface area contributed by atoms with Crippen molar-refractivity contribution in [1.82, 2.24) is 10.2 Å². The first kappa shape index (κ1) is 16.4. The topological polar surface area (TPSA) is 41.6 Å². The van der Waals surface area contributed by atoms with Crippen molar-refractivity contribution in [2.75, 3.05) is 19.7 Å². The minimum absolute atomic E-state index is 0.0265. The van der Waals surface area contributed by atoms with E-state index >= 15 is 0 Å². The normalized spacial score (nSPS) is 26.3. The lowest BCUT2D eigenvalue weighted by Crippen LogP contribution is -2.51. The van der Waals surface area contributed by atoms with E-state index in [0.29, 0.717) is 6.61 Å². The van der Waals surface area contributed by atoms with Gasteiger partial charge in [0, 0.05) is 32.3 Å². The second kappa shape index (κ2) is 6.97. The van der Waals surface area contributed by atoms with E-state index in [2.05, 4.69) is 10.2 Å². The highest BCUT2D eigenvalue weighted by Gasteiger charge is 2.38. The Morgan fingerprint density at radius 3 is 2.87 bits per heavy atom. The number of benzene rings is 1. The average molecular weight is 320 g/mol. The monoisotopic (exact) mass is 320 g/mol. The van der Waals surface area contributed by atoms with E-state index in [1.54, 1.807) is 12.1 Å².